The van der Waals surface area contributed by atoms with Crippen molar-refractivity contribution in [3.63, 3.8) is 0 Å². The number of hydrogen-bond acceptors (Lipinski definition) is 2. The highest BCUT2D eigenvalue weighted by Gasteiger charge is 2.32. The van der Waals surface area contributed by atoms with Crippen LogP contribution in [0.15, 0.2) is 22.7 Å². The van der Waals surface area contributed by atoms with Crippen molar-refractivity contribution in [3.05, 3.63) is 33.8 Å². The van der Waals surface area contributed by atoms with Crippen molar-refractivity contribution >= 4 is 15.9 Å². The molecule has 0 heterocycles. The van der Waals surface area contributed by atoms with Crippen molar-refractivity contribution in [2.45, 2.75) is 32.2 Å². The Balaban J connectivity index is 3.14. The summed E-state index contributed by atoms with van der Waals surface area (Å²) in [5.74, 6) is -0.131. The summed E-state index contributed by atoms with van der Waals surface area (Å²) in [6, 6.07) is 2.61. The van der Waals surface area contributed by atoms with Crippen LogP contribution in [0, 0.1) is 5.92 Å². The van der Waals surface area contributed by atoms with Gasteiger partial charge in [-0.25, -0.2) is 0 Å². The summed E-state index contributed by atoms with van der Waals surface area (Å²) in [5, 5.41) is 9.81. The fourth-order valence-corrected chi connectivity index (χ4v) is 2.09. The maximum absolute atomic E-state index is 12.6. The van der Waals surface area contributed by atoms with E-state index in [-0.39, 0.29) is 11.5 Å². The van der Waals surface area contributed by atoms with Gasteiger partial charge in [0, 0.05) is 4.47 Å². The van der Waals surface area contributed by atoms with Crippen LogP contribution in [0.25, 0.3) is 0 Å². The second kappa shape index (κ2) is 5.59. The lowest BCUT2D eigenvalue weighted by molar-refractivity contribution is -0.137. The second-order valence-corrected chi connectivity index (χ2v) is 5.45. The normalized spacial score (nSPS) is 15.8. The first kappa shape index (κ1) is 15.5. The molecule has 0 spiro atoms. The third-order valence-electron chi connectivity index (χ3n) is 2.68. The molecule has 102 valence electrons. The van der Waals surface area contributed by atoms with Crippen molar-refractivity contribution in [3.8, 4) is 0 Å². The van der Waals surface area contributed by atoms with Gasteiger partial charge in [0.15, 0.2) is 0 Å². The number of benzene rings is 1. The number of rotatable bonds is 3. The minimum atomic E-state index is -4.43. The van der Waals surface area contributed by atoms with Crippen LogP contribution in [0.5, 0.6) is 0 Å². The number of halogens is 4. The van der Waals surface area contributed by atoms with Crippen LogP contribution < -0.4 is 5.73 Å². The molecule has 0 unspecified atom stereocenters. The molecule has 1 rings (SSSR count). The van der Waals surface area contributed by atoms with Gasteiger partial charge in [-0.15, -0.1) is 0 Å². The maximum Gasteiger partial charge on any atom is 0.416 e. The zero-order valence-electron chi connectivity index (χ0n) is 10.0. The number of nitrogens with two attached hydrogens (primary N) is 1. The molecule has 2 nitrogen and oxygen atoms in total. The molecule has 1 aromatic rings. The summed E-state index contributed by atoms with van der Waals surface area (Å²) < 4.78 is 38.2. The molecule has 0 aromatic heterocycles. The Labute approximate surface area is 112 Å². The molecule has 6 heteroatoms. The molecule has 0 bridgehead atoms. The molecule has 0 amide bonds. The minimum Gasteiger partial charge on any atom is -0.391 e. The van der Waals surface area contributed by atoms with Crippen LogP contribution >= 0.6 is 15.9 Å². The van der Waals surface area contributed by atoms with Crippen LogP contribution in [-0.2, 0) is 6.18 Å². The highest BCUT2D eigenvalue weighted by Crippen LogP contribution is 2.34. The molecule has 3 N–H and O–H groups in total. The summed E-state index contributed by atoms with van der Waals surface area (Å²) in [4.78, 5) is 0. The molecule has 18 heavy (non-hydrogen) atoms. The number of aliphatic hydroxyl groups is 1. The molecule has 0 saturated carbocycles. The molecule has 0 radical (unpaired) electrons. The Morgan fingerprint density at radius 3 is 2.22 bits per heavy atom. The fraction of sp³-hybridized carbons (Fsp3) is 0.500. The Bertz CT molecular complexity index is 420. The molecule has 0 saturated heterocycles. The Kier molecular flexibility index (Phi) is 4.80. The predicted molar refractivity (Wildman–Crippen MR) is 66.9 cm³/mol. The average molecular weight is 326 g/mol. The van der Waals surface area contributed by atoms with Gasteiger partial charge in [0.2, 0.25) is 0 Å². The van der Waals surface area contributed by atoms with Crippen molar-refractivity contribution in [1.29, 1.82) is 0 Å². The first-order valence-electron chi connectivity index (χ1n) is 5.44. The lowest BCUT2D eigenvalue weighted by Crippen LogP contribution is -2.30. The van der Waals surface area contributed by atoms with E-state index in [1.807, 2.05) is 0 Å². The fourth-order valence-electron chi connectivity index (χ4n) is 1.58. The molecular weight excluding hydrogens is 311 g/mol. The van der Waals surface area contributed by atoms with Crippen LogP contribution in [0.3, 0.4) is 0 Å². The molecule has 2 atom stereocenters. The Morgan fingerprint density at radius 1 is 1.22 bits per heavy atom. The topological polar surface area (TPSA) is 46.2 Å². The highest BCUT2D eigenvalue weighted by molar-refractivity contribution is 9.10. The zero-order valence-corrected chi connectivity index (χ0v) is 11.6. The summed E-state index contributed by atoms with van der Waals surface area (Å²) >= 11 is 3.02. The highest BCUT2D eigenvalue weighted by atomic mass is 79.9. The van der Waals surface area contributed by atoms with E-state index >= 15 is 0 Å². The first-order valence-corrected chi connectivity index (χ1v) is 6.23. The van der Waals surface area contributed by atoms with Gasteiger partial charge < -0.3 is 10.8 Å². The van der Waals surface area contributed by atoms with E-state index in [0.29, 0.717) is 4.47 Å². The van der Waals surface area contributed by atoms with Gasteiger partial charge in [-0.2, -0.15) is 13.2 Å². The molecule has 0 aliphatic heterocycles. The maximum atomic E-state index is 12.6. The molecule has 0 aliphatic rings. The summed E-state index contributed by atoms with van der Waals surface area (Å²) in [6.07, 6.45) is -5.32. The van der Waals surface area contributed by atoms with Crippen molar-refractivity contribution in [2.24, 2.45) is 11.7 Å². The van der Waals surface area contributed by atoms with Gasteiger partial charge in [-0.05, 0) is 29.7 Å². The van der Waals surface area contributed by atoms with E-state index < -0.39 is 23.9 Å². The number of aliphatic hydroxyl groups excluding tert-OH is 1. The zero-order chi connectivity index (χ0) is 14.1. The molecule has 0 aliphatic carbocycles. The standard InChI is InChI=1S/C12H15BrF3NO/c1-6(2)11(18)10(17)7-3-8(12(14,15)16)5-9(13)4-7/h3-6,10-11,18H,17H2,1-2H3/t10-,11+/m1/s1. The predicted octanol–water partition coefficient (Wildman–Crippen LogP) is 3.48. The van der Waals surface area contributed by atoms with Gasteiger partial charge in [0.05, 0.1) is 17.7 Å². The third-order valence-corrected chi connectivity index (χ3v) is 3.14. The minimum absolute atomic E-state index is 0.131. The van der Waals surface area contributed by atoms with E-state index in [1.54, 1.807) is 13.8 Å². The van der Waals surface area contributed by atoms with Crippen molar-refractivity contribution in [1.82, 2.24) is 0 Å². The number of hydrogen-bond donors (Lipinski definition) is 2. The molecular formula is C12H15BrF3NO. The average Bonchev–Trinajstić information content (AvgIpc) is 2.24. The first-order chi connectivity index (χ1) is 8.12. The molecule has 0 fully saturated rings. The summed E-state index contributed by atoms with van der Waals surface area (Å²) in [7, 11) is 0. The van der Waals surface area contributed by atoms with Gasteiger partial charge in [-0.1, -0.05) is 29.8 Å². The van der Waals surface area contributed by atoms with Crippen LogP contribution in [0.2, 0.25) is 0 Å². The number of alkyl halides is 3. The van der Waals surface area contributed by atoms with Gasteiger partial charge in [-0.3, -0.25) is 0 Å². The smallest absolute Gasteiger partial charge is 0.391 e. The Hall–Kier alpha value is -0.590. The lowest BCUT2D eigenvalue weighted by Gasteiger charge is -2.23. The second-order valence-electron chi connectivity index (χ2n) is 4.53. The van der Waals surface area contributed by atoms with Crippen LogP contribution in [0.1, 0.15) is 31.0 Å². The largest absolute Gasteiger partial charge is 0.416 e. The monoisotopic (exact) mass is 325 g/mol. The van der Waals surface area contributed by atoms with Crippen LogP contribution in [-0.4, -0.2) is 11.2 Å². The molecule has 1 aromatic carbocycles. The van der Waals surface area contributed by atoms with Crippen LogP contribution in [0.4, 0.5) is 13.2 Å². The summed E-state index contributed by atoms with van der Waals surface area (Å²) in [5.41, 5.74) is 5.26. The Morgan fingerprint density at radius 2 is 1.78 bits per heavy atom. The van der Waals surface area contributed by atoms with Gasteiger partial charge >= 0.3 is 6.18 Å². The van der Waals surface area contributed by atoms with Crippen molar-refractivity contribution in [2.75, 3.05) is 0 Å². The quantitative estimate of drug-likeness (QED) is 0.893. The van der Waals surface area contributed by atoms with E-state index in [0.717, 1.165) is 12.1 Å². The van der Waals surface area contributed by atoms with E-state index in [2.05, 4.69) is 15.9 Å². The van der Waals surface area contributed by atoms with Gasteiger partial charge in [0.25, 0.3) is 0 Å². The van der Waals surface area contributed by atoms with Crippen molar-refractivity contribution < 1.29 is 18.3 Å². The van der Waals surface area contributed by atoms with Gasteiger partial charge in [0.1, 0.15) is 0 Å². The summed E-state index contributed by atoms with van der Waals surface area (Å²) in [6.45, 7) is 3.51. The lowest BCUT2D eigenvalue weighted by atomic mass is 9.93. The SMILES string of the molecule is CC(C)[C@H](O)[C@H](N)c1cc(Br)cc(C(F)(F)F)c1. The van der Waals surface area contributed by atoms with E-state index in [1.165, 1.54) is 6.07 Å². The van der Waals surface area contributed by atoms with E-state index in [9.17, 15) is 18.3 Å². The third kappa shape index (κ3) is 3.70. The van der Waals surface area contributed by atoms with E-state index in [4.69, 9.17) is 5.73 Å².